The summed E-state index contributed by atoms with van der Waals surface area (Å²) in [6.45, 7) is 5.11. The second-order valence-corrected chi connectivity index (χ2v) is 12.6. The van der Waals surface area contributed by atoms with Gasteiger partial charge in [0.05, 0.1) is 18.2 Å². The maximum absolute atomic E-state index is 13.5. The number of carbonyl (C=O) groups is 3. The molecule has 3 amide bonds. The molecule has 3 aliphatic carbocycles. The Morgan fingerprint density at radius 1 is 0.816 bits per heavy atom. The van der Waals surface area contributed by atoms with Gasteiger partial charge in [-0.1, -0.05) is 44.9 Å². The van der Waals surface area contributed by atoms with Crippen molar-refractivity contribution in [1.29, 1.82) is 0 Å². The lowest BCUT2D eigenvalue weighted by Gasteiger charge is -2.35. The van der Waals surface area contributed by atoms with E-state index in [4.69, 9.17) is 4.74 Å². The molecule has 8 heteroatoms. The third-order valence-corrected chi connectivity index (χ3v) is 9.52. The van der Waals surface area contributed by atoms with E-state index < -0.39 is 12.1 Å². The van der Waals surface area contributed by atoms with E-state index in [0.717, 1.165) is 44.9 Å². The van der Waals surface area contributed by atoms with Crippen LogP contribution in [0.5, 0.6) is 0 Å². The molecule has 0 aromatic heterocycles. The third-order valence-electron chi connectivity index (χ3n) is 9.52. The minimum Gasteiger partial charge on any atom is -0.374 e. The Kier molecular flexibility index (Phi) is 10.9. The summed E-state index contributed by atoms with van der Waals surface area (Å²) in [7, 11) is 1.71. The molecule has 216 valence electrons. The van der Waals surface area contributed by atoms with Crippen molar-refractivity contribution < 1.29 is 19.1 Å². The first-order valence-electron chi connectivity index (χ1n) is 15.6. The second-order valence-electron chi connectivity index (χ2n) is 12.6. The van der Waals surface area contributed by atoms with Gasteiger partial charge < -0.3 is 25.6 Å². The molecular weight excluding hydrogens is 480 g/mol. The van der Waals surface area contributed by atoms with E-state index >= 15 is 0 Å². The van der Waals surface area contributed by atoms with Crippen LogP contribution in [0, 0.1) is 17.8 Å². The molecule has 1 aliphatic heterocycles. The van der Waals surface area contributed by atoms with E-state index in [0.29, 0.717) is 37.3 Å². The summed E-state index contributed by atoms with van der Waals surface area (Å²) in [5, 5.41) is 9.68. The first-order valence-corrected chi connectivity index (χ1v) is 15.6. The largest absolute Gasteiger partial charge is 0.374 e. The van der Waals surface area contributed by atoms with E-state index in [1.165, 1.54) is 38.5 Å². The zero-order chi connectivity index (χ0) is 27.1. The lowest BCUT2D eigenvalue weighted by atomic mass is 9.83. The normalized spacial score (nSPS) is 36.0. The van der Waals surface area contributed by atoms with Gasteiger partial charge in [0.15, 0.2) is 0 Å². The summed E-state index contributed by atoms with van der Waals surface area (Å²) in [5.74, 6) is 0.881. The van der Waals surface area contributed by atoms with Gasteiger partial charge in [-0.25, -0.2) is 0 Å². The van der Waals surface area contributed by atoms with Crippen LogP contribution in [0.1, 0.15) is 104 Å². The summed E-state index contributed by atoms with van der Waals surface area (Å²) in [6, 6.07) is -1.51. The van der Waals surface area contributed by atoms with Crippen LogP contribution in [0.25, 0.3) is 0 Å². The van der Waals surface area contributed by atoms with Gasteiger partial charge in [0, 0.05) is 20.1 Å². The van der Waals surface area contributed by atoms with Gasteiger partial charge >= 0.3 is 0 Å². The highest BCUT2D eigenvalue weighted by atomic mass is 16.5. The van der Waals surface area contributed by atoms with E-state index in [9.17, 15) is 14.4 Å². The number of rotatable bonds is 3. The molecule has 3 N–H and O–H groups in total. The summed E-state index contributed by atoms with van der Waals surface area (Å²) in [5.41, 5.74) is 0. The smallest absolute Gasteiger partial charge is 0.243 e. The molecule has 0 aromatic rings. The van der Waals surface area contributed by atoms with E-state index in [1.807, 2.05) is 0 Å². The molecule has 6 atom stereocenters. The van der Waals surface area contributed by atoms with Crippen LogP contribution in [0.15, 0.2) is 0 Å². The Morgan fingerprint density at radius 3 is 2.24 bits per heavy atom. The molecule has 0 bridgehead atoms. The highest BCUT2D eigenvalue weighted by molar-refractivity contribution is 5.93. The van der Waals surface area contributed by atoms with Crippen molar-refractivity contribution in [3.63, 3.8) is 0 Å². The molecule has 0 aromatic carbocycles. The lowest BCUT2D eigenvalue weighted by molar-refractivity contribution is -0.141. The van der Waals surface area contributed by atoms with Crippen LogP contribution in [-0.4, -0.2) is 73.1 Å². The monoisotopic (exact) mass is 532 g/mol. The summed E-state index contributed by atoms with van der Waals surface area (Å²) in [6.07, 6.45) is 15.5. The molecule has 3 saturated carbocycles. The third kappa shape index (κ3) is 8.17. The summed E-state index contributed by atoms with van der Waals surface area (Å²) in [4.78, 5) is 41.7. The molecule has 38 heavy (non-hydrogen) atoms. The Labute approximate surface area is 229 Å². The number of ether oxygens (including phenoxy) is 1. The maximum Gasteiger partial charge on any atom is 0.243 e. The summed E-state index contributed by atoms with van der Waals surface area (Å²) >= 11 is 0. The first kappa shape index (κ1) is 29.3. The molecule has 1 heterocycles. The molecule has 0 unspecified atom stereocenters. The van der Waals surface area contributed by atoms with Crippen LogP contribution in [-0.2, 0) is 19.1 Å². The topological polar surface area (TPSA) is 99.8 Å². The fourth-order valence-electron chi connectivity index (χ4n) is 6.77. The Hall–Kier alpha value is -1.67. The van der Waals surface area contributed by atoms with E-state index in [2.05, 4.69) is 22.9 Å². The van der Waals surface area contributed by atoms with Crippen molar-refractivity contribution in [1.82, 2.24) is 20.9 Å². The molecule has 4 fully saturated rings. The lowest BCUT2D eigenvalue weighted by Crippen LogP contribution is -2.57. The second kappa shape index (κ2) is 14.1. The fourth-order valence-corrected chi connectivity index (χ4v) is 6.77. The van der Waals surface area contributed by atoms with Crippen molar-refractivity contribution in [2.24, 2.45) is 17.8 Å². The van der Waals surface area contributed by atoms with Crippen molar-refractivity contribution in [2.75, 3.05) is 20.1 Å². The van der Waals surface area contributed by atoms with Gasteiger partial charge in [-0.2, -0.15) is 0 Å². The number of fused-ring (bicyclic) bond motifs is 1. The average Bonchev–Trinajstić information content (AvgIpc) is 3.76. The van der Waals surface area contributed by atoms with Crippen LogP contribution >= 0.6 is 0 Å². The number of hydrogen-bond donors (Lipinski definition) is 3. The quantitative estimate of drug-likeness (QED) is 0.516. The molecule has 4 rings (SSSR count). The van der Waals surface area contributed by atoms with E-state index in [-0.39, 0.29) is 36.0 Å². The number of nitrogens with zero attached hydrogens (tertiary/aromatic N) is 1. The highest BCUT2D eigenvalue weighted by Crippen LogP contribution is 2.34. The van der Waals surface area contributed by atoms with Gasteiger partial charge in [0.1, 0.15) is 12.1 Å². The minimum atomic E-state index is -0.650. The van der Waals surface area contributed by atoms with Gasteiger partial charge in [0.2, 0.25) is 17.7 Å². The van der Waals surface area contributed by atoms with Crippen molar-refractivity contribution in [2.45, 2.75) is 134 Å². The number of nitrogens with one attached hydrogen (secondary N) is 3. The van der Waals surface area contributed by atoms with Crippen LogP contribution in [0.2, 0.25) is 0 Å². The molecular formula is C30H52N4O4. The maximum atomic E-state index is 13.5. The van der Waals surface area contributed by atoms with Gasteiger partial charge in [0.25, 0.3) is 0 Å². The van der Waals surface area contributed by atoms with Crippen molar-refractivity contribution >= 4 is 17.7 Å². The summed E-state index contributed by atoms with van der Waals surface area (Å²) < 4.78 is 6.53. The molecule has 4 aliphatic rings. The Morgan fingerprint density at radius 2 is 1.50 bits per heavy atom. The van der Waals surface area contributed by atoms with Crippen LogP contribution in [0.3, 0.4) is 0 Å². The molecule has 8 nitrogen and oxygen atoms in total. The van der Waals surface area contributed by atoms with Gasteiger partial charge in [-0.05, 0) is 76.5 Å². The standard InChI is InChI=1S/C30H52N4O4/c1-20-19-32-27(24-15-16-24)30(37)34(3)21(2)28(35)33-25(18-22-10-5-4-6-11-22)29(36)31-17-9-13-23-12-7-8-14-26(23)38-20/h20-27,32H,4-19H2,1-3H3,(H,31,36)(H,33,35)/t20-,21-,23+,25-,26+,27+/m1/s1. The Bertz CT molecular complexity index is 797. The minimum absolute atomic E-state index is 0.0137. The Balaban J connectivity index is 1.49. The molecule has 1 saturated heterocycles. The van der Waals surface area contributed by atoms with Gasteiger partial charge in [-0.15, -0.1) is 0 Å². The van der Waals surface area contributed by atoms with Crippen LogP contribution in [0.4, 0.5) is 0 Å². The average molecular weight is 533 g/mol. The number of carbonyl (C=O) groups excluding carboxylic acids is 3. The van der Waals surface area contributed by atoms with Crippen LogP contribution < -0.4 is 16.0 Å². The predicted octanol–water partition coefficient (Wildman–Crippen LogP) is 3.53. The number of hydrogen-bond acceptors (Lipinski definition) is 5. The highest BCUT2D eigenvalue weighted by Gasteiger charge is 2.40. The number of amides is 3. The van der Waals surface area contributed by atoms with Gasteiger partial charge in [-0.3, -0.25) is 14.4 Å². The SMILES string of the molecule is C[C@@H]1CN[C@@H](C2CC2)C(=O)N(C)[C@H](C)C(=O)N[C@H](CC2CCCCC2)C(=O)NCCC[C@@H]2CCCC[C@@H]2O1. The molecule has 0 spiro atoms. The van der Waals surface area contributed by atoms with Crippen molar-refractivity contribution in [3.8, 4) is 0 Å². The zero-order valence-corrected chi connectivity index (χ0v) is 24.0. The van der Waals surface area contributed by atoms with E-state index in [1.54, 1.807) is 18.9 Å². The molecule has 0 radical (unpaired) electrons. The predicted molar refractivity (Wildman–Crippen MR) is 148 cm³/mol. The van der Waals surface area contributed by atoms with Crippen molar-refractivity contribution in [3.05, 3.63) is 0 Å². The fraction of sp³-hybridized carbons (Fsp3) is 0.900. The first-order chi connectivity index (χ1) is 18.3. The number of likely N-dealkylation sites (N-methyl/N-ethyl adjacent to an activating group) is 1. The zero-order valence-electron chi connectivity index (χ0n) is 24.0.